The summed E-state index contributed by atoms with van der Waals surface area (Å²) in [5, 5.41) is 14.8. The number of hydrogen-bond acceptors (Lipinski definition) is 3. The lowest BCUT2D eigenvalue weighted by Gasteiger charge is -2.28. The maximum absolute atomic E-state index is 8.25. The van der Waals surface area contributed by atoms with E-state index in [1.807, 2.05) is 0 Å². The number of hydrogen-bond donors (Lipinski definition) is 0. The fourth-order valence-electron chi connectivity index (χ4n) is 5.58. The van der Waals surface area contributed by atoms with Crippen molar-refractivity contribution in [3.63, 3.8) is 0 Å². The molecule has 224 valence electrons. The van der Waals surface area contributed by atoms with Crippen LogP contribution in [0.5, 0.6) is 0 Å². The first-order chi connectivity index (χ1) is 18.0. The Labute approximate surface area is 234 Å². The third-order valence-electron chi connectivity index (χ3n) is 7.94. The fourth-order valence-corrected chi connectivity index (χ4v) is 10.5. The molecule has 0 N–H and O–H groups in total. The van der Waals surface area contributed by atoms with E-state index in [1.54, 1.807) is 50.3 Å². The standard InChI is InChI=1S/C32H68P.NO3/c1-5-9-13-17-21-25-29-33(30-26-22-18-14-10-6-2,31-27-23-19-15-11-7-3)32-28-24-20-16-12-8-4;2-1(3)4/h5-32H2,1-4H3;/q+1;-1. The molecule has 0 aromatic carbocycles. The summed E-state index contributed by atoms with van der Waals surface area (Å²) in [6.07, 6.45) is 42.1. The summed E-state index contributed by atoms with van der Waals surface area (Å²) < 4.78 is 0. The third kappa shape index (κ3) is 31.7. The van der Waals surface area contributed by atoms with Gasteiger partial charge in [-0.3, -0.25) is 0 Å². The smallest absolute Gasteiger partial charge is 0.0689 e. The highest BCUT2D eigenvalue weighted by molar-refractivity contribution is 7.75. The second-order valence-corrected chi connectivity index (χ2v) is 16.0. The van der Waals surface area contributed by atoms with Gasteiger partial charge in [0.25, 0.3) is 0 Å². The Morgan fingerprint density at radius 1 is 0.378 bits per heavy atom. The molecule has 0 aromatic heterocycles. The van der Waals surface area contributed by atoms with Crippen LogP contribution in [0.4, 0.5) is 0 Å². The van der Waals surface area contributed by atoms with Gasteiger partial charge in [0.1, 0.15) is 0 Å². The molecule has 0 unspecified atom stereocenters. The Balaban J connectivity index is 0. The van der Waals surface area contributed by atoms with Crippen LogP contribution in [0.25, 0.3) is 0 Å². The Morgan fingerprint density at radius 2 is 0.541 bits per heavy atom. The summed E-state index contributed by atoms with van der Waals surface area (Å²) in [4.78, 5) is 8.25. The molecule has 0 aromatic rings. The molecule has 0 spiro atoms. The highest BCUT2D eigenvalue weighted by Crippen LogP contribution is 2.61. The van der Waals surface area contributed by atoms with Crippen molar-refractivity contribution in [2.75, 3.05) is 24.6 Å². The van der Waals surface area contributed by atoms with Crippen molar-refractivity contribution in [1.29, 1.82) is 0 Å². The Morgan fingerprint density at radius 3 is 0.730 bits per heavy atom. The molecule has 37 heavy (non-hydrogen) atoms. The molecule has 0 atom stereocenters. The van der Waals surface area contributed by atoms with Crippen LogP contribution in [0.3, 0.4) is 0 Å². The second-order valence-electron chi connectivity index (χ2n) is 11.5. The van der Waals surface area contributed by atoms with E-state index in [2.05, 4.69) is 27.7 Å². The zero-order valence-corrected chi connectivity index (χ0v) is 26.8. The lowest BCUT2D eigenvalue weighted by molar-refractivity contribution is -0.402. The first-order valence-electron chi connectivity index (χ1n) is 16.6. The highest BCUT2D eigenvalue weighted by Gasteiger charge is 2.34. The number of rotatable bonds is 28. The Bertz CT molecular complexity index is 374. The van der Waals surface area contributed by atoms with Crippen molar-refractivity contribution >= 4 is 7.26 Å². The molecular weight excluding hydrogens is 477 g/mol. The van der Waals surface area contributed by atoms with Gasteiger partial charge in [-0.05, 0) is 51.4 Å². The van der Waals surface area contributed by atoms with Crippen molar-refractivity contribution < 1.29 is 5.09 Å². The van der Waals surface area contributed by atoms with Crippen LogP contribution in [0.15, 0.2) is 0 Å². The Hall–Kier alpha value is -0.370. The molecule has 0 aliphatic rings. The van der Waals surface area contributed by atoms with Gasteiger partial charge in [-0.1, -0.05) is 130 Å². The van der Waals surface area contributed by atoms with E-state index < -0.39 is 12.3 Å². The maximum Gasteiger partial charge on any atom is 0.0689 e. The summed E-state index contributed by atoms with van der Waals surface area (Å²) in [6.45, 7) is 9.38. The van der Waals surface area contributed by atoms with E-state index in [0.29, 0.717) is 0 Å². The molecular formula is C32H68NO3P. The summed E-state index contributed by atoms with van der Waals surface area (Å²) in [5.41, 5.74) is 0. The lowest BCUT2D eigenvalue weighted by Crippen LogP contribution is -2.13. The van der Waals surface area contributed by atoms with Gasteiger partial charge >= 0.3 is 0 Å². The average Bonchev–Trinajstić information content (AvgIpc) is 2.87. The predicted octanol–water partition coefficient (Wildman–Crippen LogP) is 12.2. The van der Waals surface area contributed by atoms with Crippen LogP contribution >= 0.6 is 7.26 Å². The molecule has 0 rings (SSSR count). The zero-order valence-electron chi connectivity index (χ0n) is 25.9. The number of unbranched alkanes of at least 4 members (excludes halogenated alkanes) is 20. The largest absolute Gasteiger partial charge is 0.356 e. The molecule has 0 saturated heterocycles. The van der Waals surface area contributed by atoms with Crippen molar-refractivity contribution in [1.82, 2.24) is 0 Å². The molecule has 0 fully saturated rings. The minimum absolute atomic E-state index is 0.718. The van der Waals surface area contributed by atoms with E-state index in [0.717, 1.165) is 0 Å². The van der Waals surface area contributed by atoms with Crippen LogP contribution in [-0.4, -0.2) is 29.7 Å². The molecule has 0 aliphatic heterocycles. The summed E-state index contributed by atoms with van der Waals surface area (Å²) in [5.74, 6) is 0. The molecule has 0 radical (unpaired) electrons. The topological polar surface area (TPSA) is 66.2 Å². The summed E-state index contributed by atoms with van der Waals surface area (Å²) >= 11 is 0. The van der Waals surface area contributed by atoms with Crippen LogP contribution in [0.2, 0.25) is 0 Å². The van der Waals surface area contributed by atoms with Crippen LogP contribution < -0.4 is 0 Å². The average molecular weight is 546 g/mol. The maximum atomic E-state index is 8.25. The molecule has 0 saturated carbocycles. The van der Waals surface area contributed by atoms with Crippen LogP contribution in [0.1, 0.15) is 182 Å². The minimum atomic E-state index is -1.75. The van der Waals surface area contributed by atoms with Crippen LogP contribution in [0, 0.1) is 15.3 Å². The molecule has 0 amide bonds. The molecule has 4 nitrogen and oxygen atoms in total. The van der Waals surface area contributed by atoms with Gasteiger partial charge in [0, 0.05) is 7.26 Å². The van der Waals surface area contributed by atoms with Crippen molar-refractivity contribution in [3.05, 3.63) is 15.3 Å². The highest BCUT2D eigenvalue weighted by atomic mass is 31.2. The van der Waals surface area contributed by atoms with Crippen molar-refractivity contribution in [3.8, 4) is 0 Å². The molecule has 0 aliphatic carbocycles. The van der Waals surface area contributed by atoms with E-state index in [-0.39, 0.29) is 0 Å². The van der Waals surface area contributed by atoms with Gasteiger partial charge < -0.3 is 15.3 Å². The lowest BCUT2D eigenvalue weighted by atomic mass is 10.1. The molecule has 0 bridgehead atoms. The van der Waals surface area contributed by atoms with Crippen molar-refractivity contribution in [2.45, 2.75) is 182 Å². The van der Waals surface area contributed by atoms with E-state index in [9.17, 15) is 0 Å². The monoisotopic (exact) mass is 545 g/mol. The normalized spacial score (nSPS) is 11.4. The first-order valence-corrected chi connectivity index (χ1v) is 19.2. The third-order valence-corrected chi connectivity index (χ3v) is 13.0. The summed E-state index contributed by atoms with van der Waals surface area (Å²) in [6, 6.07) is 0. The van der Waals surface area contributed by atoms with Gasteiger partial charge in [-0.25, -0.2) is 0 Å². The number of nitrogens with zero attached hydrogens (tertiary/aromatic N) is 1. The molecule has 0 heterocycles. The van der Waals surface area contributed by atoms with Gasteiger partial charge in [0.05, 0.1) is 29.7 Å². The van der Waals surface area contributed by atoms with E-state index >= 15 is 0 Å². The van der Waals surface area contributed by atoms with E-state index in [1.165, 1.54) is 128 Å². The second kappa shape index (κ2) is 31.8. The first kappa shape index (κ1) is 38.8. The van der Waals surface area contributed by atoms with Crippen molar-refractivity contribution in [2.24, 2.45) is 0 Å². The SMILES string of the molecule is CCCCCCCC[P+](CCCCCCCC)(CCCCCCCC)CCCCCCCC.O=[N+]([O-])[O-]. The predicted molar refractivity (Wildman–Crippen MR) is 170 cm³/mol. The van der Waals surface area contributed by atoms with Gasteiger partial charge in [-0.15, -0.1) is 0 Å². The zero-order chi connectivity index (χ0) is 27.9. The Kier molecular flexibility index (Phi) is 33.4. The van der Waals surface area contributed by atoms with Gasteiger partial charge in [-0.2, -0.15) is 0 Å². The molecule has 5 heteroatoms. The van der Waals surface area contributed by atoms with Crippen LogP contribution in [-0.2, 0) is 0 Å². The quantitative estimate of drug-likeness (QED) is 0.0425. The van der Waals surface area contributed by atoms with Gasteiger partial charge in [0.2, 0.25) is 0 Å². The fraction of sp³-hybridized carbons (Fsp3) is 1.00. The minimum Gasteiger partial charge on any atom is -0.356 e. The van der Waals surface area contributed by atoms with E-state index in [4.69, 9.17) is 15.3 Å². The summed E-state index contributed by atoms with van der Waals surface area (Å²) in [7, 11) is -0.718. The van der Waals surface area contributed by atoms with Gasteiger partial charge in [0.15, 0.2) is 0 Å².